The molecule has 0 aromatic heterocycles. The van der Waals surface area contributed by atoms with E-state index in [1.54, 1.807) is 6.40 Å². The Balaban J connectivity index is 2.23. The first kappa shape index (κ1) is 5.96. The lowest BCUT2D eigenvalue weighted by Crippen LogP contribution is -2.09. The molecule has 0 bridgehead atoms. The molecule has 2 rings (SSSR count). The van der Waals surface area contributed by atoms with Crippen LogP contribution in [0.15, 0.2) is 16.3 Å². The Morgan fingerprint density at radius 1 is 1.30 bits per heavy atom. The number of rotatable bonds is 0. The van der Waals surface area contributed by atoms with Gasteiger partial charge in [0.1, 0.15) is 6.61 Å². The molecular weight excluding hydrogens is 126 g/mol. The van der Waals surface area contributed by atoms with Crippen LogP contribution in [-0.4, -0.2) is 13.0 Å². The van der Waals surface area contributed by atoms with E-state index in [0.717, 1.165) is 13.0 Å². The van der Waals surface area contributed by atoms with Crippen molar-refractivity contribution in [1.82, 2.24) is 0 Å². The summed E-state index contributed by atoms with van der Waals surface area (Å²) in [6.45, 7) is 0.791. The number of nitrogens with zero attached hydrogens (tertiary/aromatic N) is 1. The quantitative estimate of drug-likeness (QED) is 0.499. The summed E-state index contributed by atoms with van der Waals surface area (Å²) in [5.41, 5.74) is 2.71. The molecule has 0 amide bonds. The Hall–Kier alpha value is -0.790. The second-order valence-corrected chi connectivity index (χ2v) is 2.80. The van der Waals surface area contributed by atoms with Crippen LogP contribution in [0.25, 0.3) is 0 Å². The molecule has 0 unspecified atom stereocenters. The van der Waals surface area contributed by atoms with Crippen LogP contribution in [-0.2, 0) is 4.74 Å². The van der Waals surface area contributed by atoms with Crippen molar-refractivity contribution in [2.45, 2.75) is 25.7 Å². The number of aliphatic imine (C=N–C) groups is 1. The standard InChI is InChI=1S/C8H11NO/c1-2-4-8-7(3-1)5-10-6-9-8/h6H,1-5H2. The van der Waals surface area contributed by atoms with E-state index in [9.17, 15) is 0 Å². The Morgan fingerprint density at radius 2 is 2.20 bits per heavy atom. The first-order valence-electron chi connectivity index (χ1n) is 3.82. The van der Waals surface area contributed by atoms with Gasteiger partial charge in [0.25, 0.3) is 0 Å². The highest BCUT2D eigenvalue weighted by Crippen LogP contribution is 2.26. The number of hydrogen-bond acceptors (Lipinski definition) is 2. The van der Waals surface area contributed by atoms with Gasteiger partial charge in [0.05, 0.1) is 0 Å². The van der Waals surface area contributed by atoms with E-state index >= 15 is 0 Å². The topological polar surface area (TPSA) is 21.6 Å². The molecule has 0 atom stereocenters. The van der Waals surface area contributed by atoms with Crippen LogP contribution in [0.5, 0.6) is 0 Å². The fourth-order valence-electron chi connectivity index (χ4n) is 1.50. The molecule has 1 aliphatic carbocycles. The second-order valence-electron chi connectivity index (χ2n) is 2.80. The zero-order valence-electron chi connectivity index (χ0n) is 5.97. The molecule has 1 heterocycles. The van der Waals surface area contributed by atoms with Gasteiger partial charge < -0.3 is 4.74 Å². The molecule has 0 fully saturated rings. The summed E-state index contributed by atoms with van der Waals surface area (Å²) in [6, 6.07) is 0. The molecular formula is C8H11NO. The third-order valence-electron chi connectivity index (χ3n) is 2.09. The summed E-state index contributed by atoms with van der Waals surface area (Å²) in [5, 5.41) is 0. The zero-order valence-corrected chi connectivity index (χ0v) is 5.97. The van der Waals surface area contributed by atoms with Crippen molar-refractivity contribution in [1.29, 1.82) is 0 Å². The maximum atomic E-state index is 5.09. The lowest BCUT2D eigenvalue weighted by atomic mass is 9.97. The molecule has 0 aromatic carbocycles. The summed E-state index contributed by atoms with van der Waals surface area (Å²) in [7, 11) is 0. The van der Waals surface area contributed by atoms with Crippen LogP contribution in [0.1, 0.15) is 25.7 Å². The predicted octanol–water partition coefficient (Wildman–Crippen LogP) is 1.87. The van der Waals surface area contributed by atoms with Gasteiger partial charge in [-0.25, -0.2) is 4.99 Å². The Kier molecular flexibility index (Phi) is 1.46. The normalized spacial score (nSPS) is 24.0. The monoisotopic (exact) mass is 137 g/mol. The third-order valence-corrected chi connectivity index (χ3v) is 2.09. The molecule has 2 nitrogen and oxygen atoms in total. The van der Waals surface area contributed by atoms with Gasteiger partial charge in [-0.3, -0.25) is 0 Å². The first-order valence-corrected chi connectivity index (χ1v) is 3.82. The average molecular weight is 137 g/mol. The van der Waals surface area contributed by atoms with Crippen molar-refractivity contribution in [3.05, 3.63) is 11.3 Å². The van der Waals surface area contributed by atoms with Gasteiger partial charge in [0.2, 0.25) is 0 Å². The molecule has 2 heteroatoms. The van der Waals surface area contributed by atoms with Gasteiger partial charge >= 0.3 is 0 Å². The number of allylic oxidation sites excluding steroid dienone is 1. The lowest BCUT2D eigenvalue weighted by molar-refractivity contribution is 0.334. The molecule has 1 aliphatic heterocycles. The van der Waals surface area contributed by atoms with E-state index in [0.29, 0.717) is 0 Å². The molecule has 0 N–H and O–H groups in total. The zero-order chi connectivity index (χ0) is 6.81. The highest BCUT2D eigenvalue weighted by atomic mass is 16.5. The lowest BCUT2D eigenvalue weighted by Gasteiger charge is -2.19. The minimum atomic E-state index is 0.791. The molecule has 0 saturated heterocycles. The molecule has 10 heavy (non-hydrogen) atoms. The van der Waals surface area contributed by atoms with Crippen molar-refractivity contribution in [2.24, 2.45) is 4.99 Å². The molecule has 2 aliphatic rings. The van der Waals surface area contributed by atoms with Crippen molar-refractivity contribution in [3.8, 4) is 0 Å². The summed E-state index contributed by atoms with van der Waals surface area (Å²) in [4.78, 5) is 4.18. The van der Waals surface area contributed by atoms with E-state index in [4.69, 9.17) is 4.74 Å². The van der Waals surface area contributed by atoms with Crippen LogP contribution in [0, 0.1) is 0 Å². The predicted molar refractivity (Wildman–Crippen MR) is 39.9 cm³/mol. The van der Waals surface area contributed by atoms with Crippen molar-refractivity contribution < 1.29 is 4.74 Å². The highest BCUT2D eigenvalue weighted by molar-refractivity contribution is 5.52. The summed E-state index contributed by atoms with van der Waals surface area (Å²) < 4.78 is 5.09. The summed E-state index contributed by atoms with van der Waals surface area (Å²) in [5.74, 6) is 0. The third kappa shape index (κ3) is 0.939. The van der Waals surface area contributed by atoms with Gasteiger partial charge in [0, 0.05) is 5.70 Å². The molecule has 0 radical (unpaired) electrons. The minimum absolute atomic E-state index is 0.791. The van der Waals surface area contributed by atoms with Crippen molar-refractivity contribution in [3.63, 3.8) is 0 Å². The van der Waals surface area contributed by atoms with Crippen LogP contribution in [0.2, 0.25) is 0 Å². The van der Waals surface area contributed by atoms with Crippen LogP contribution in [0.4, 0.5) is 0 Å². The van der Waals surface area contributed by atoms with Crippen molar-refractivity contribution >= 4 is 6.40 Å². The van der Waals surface area contributed by atoms with E-state index in [2.05, 4.69) is 4.99 Å². The Labute approximate surface area is 60.6 Å². The maximum absolute atomic E-state index is 5.09. The SMILES string of the molecule is C1=NC2=C(CCCC2)CO1. The van der Waals surface area contributed by atoms with Crippen LogP contribution >= 0.6 is 0 Å². The summed E-state index contributed by atoms with van der Waals surface area (Å²) >= 11 is 0. The smallest absolute Gasteiger partial charge is 0.174 e. The van der Waals surface area contributed by atoms with Gasteiger partial charge in [-0.2, -0.15) is 0 Å². The van der Waals surface area contributed by atoms with E-state index in [1.807, 2.05) is 0 Å². The van der Waals surface area contributed by atoms with Gasteiger partial charge in [-0.05, 0) is 31.3 Å². The van der Waals surface area contributed by atoms with E-state index < -0.39 is 0 Å². The molecule has 54 valence electrons. The van der Waals surface area contributed by atoms with E-state index in [1.165, 1.54) is 30.5 Å². The van der Waals surface area contributed by atoms with Crippen molar-refractivity contribution in [2.75, 3.05) is 6.61 Å². The Bertz CT molecular complexity index is 193. The maximum Gasteiger partial charge on any atom is 0.174 e. The molecule has 0 aromatic rings. The van der Waals surface area contributed by atoms with Crippen LogP contribution < -0.4 is 0 Å². The number of hydrogen-bond donors (Lipinski definition) is 0. The van der Waals surface area contributed by atoms with Gasteiger partial charge in [-0.1, -0.05) is 0 Å². The molecule has 0 saturated carbocycles. The summed E-state index contributed by atoms with van der Waals surface area (Å²) in [6.07, 6.45) is 6.56. The fraction of sp³-hybridized carbons (Fsp3) is 0.625. The minimum Gasteiger partial charge on any atom is -0.479 e. The van der Waals surface area contributed by atoms with Gasteiger partial charge in [-0.15, -0.1) is 0 Å². The second kappa shape index (κ2) is 2.45. The van der Waals surface area contributed by atoms with E-state index in [-0.39, 0.29) is 0 Å². The first-order chi connectivity index (χ1) is 4.97. The number of ether oxygens (including phenoxy) is 1. The Morgan fingerprint density at radius 3 is 3.10 bits per heavy atom. The average Bonchev–Trinajstić information content (AvgIpc) is 2.05. The largest absolute Gasteiger partial charge is 0.479 e. The van der Waals surface area contributed by atoms with Crippen LogP contribution in [0.3, 0.4) is 0 Å². The van der Waals surface area contributed by atoms with Gasteiger partial charge in [0.15, 0.2) is 6.40 Å². The fourth-order valence-corrected chi connectivity index (χ4v) is 1.50. The highest BCUT2D eigenvalue weighted by Gasteiger charge is 2.13. The molecule has 0 spiro atoms.